The van der Waals surface area contributed by atoms with E-state index in [1.54, 1.807) is 0 Å². The molecule has 0 fully saturated rings. The first-order chi connectivity index (χ1) is 7.61. The Kier molecular flexibility index (Phi) is 5.26. The fourth-order valence-corrected chi connectivity index (χ4v) is 2.61. The van der Waals surface area contributed by atoms with Crippen molar-refractivity contribution in [3.8, 4) is 0 Å². The number of pyridine rings is 1. The maximum atomic E-state index is 12.2. The molecule has 0 spiro atoms. The maximum Gasteiger partial charge on any atom is 0.255 e. The molecule has 0 unspecified atom stereocenters. The van der Waals surface area contributed by atoms with Crippen LogP contribution in [-0.4, -0.2) is 4.57 Å². The number of aromatic nitrogens is 1. The molecule has 0 atom stereocenters. The Morgan fingerprint density at radius 3 is 2.56 bits per heavy atom. The van der Waals surface area contributed by atoms with Crippen LogP contribution in [0, 0.1) is 13.8 Å². The summed E-state index contributed by atoms with van der Waals surface area (Å²) in [7, 11) is 0. The van der Waals surface area contributed by atoms with Crippen LogP contribution in [0.5, 0.6) is 0 Å². The Morgan fingerprint density at radius 1 is 1.31 bits per heavy atom. The lowest BCUT2D eigenvalue weighted by Gasteiger charge is -2.13. The smallest absolute Gasteiger partial charge is 0.255 e. The van der Waals surface area contributed by atoms with Gasteiger partial charge in [0, 0.05) is 23.1 Å². The van der Waals surface area contributed by atoms with Gasteiger partial charge in [-0.25, -0.2) is 0 Å². The number of hydrogen-bond donors (Lipinski definition) is 0. The summed E-state index contributed by atoms with van der Waals surface area (Å²) in [6.45, 7) is 7.03. The lowest BCUT2D eigenvalue weighted by molar-refractivity contribution is 0.573. The third-order valence-electron chi connectivity index (χ3n) is 2.95. The Labute approximate surface area is 106 Å². The number of unbranched alkanes of at least 4 members (excludes halogenated alkanes) is 2. The van der Waals surface area contributed by atoms with Gasteiger partial charge in [0.15, 0.2) is 0 Å². The van der Waals surface area contributed by atoms with Crippen molar-refractivity contribution >= 4 is 15.9 Å². The molecule has 1 heterocycles. The normalized spacial score (nSPS) is 10.8. The van der Waals surface area contributed by atoms with Crippen LogP contribution in [-0.2, 0) is 11.9 Å². The van der Waals surface area contributed by atoms with Gasteiger partial charge in [-0.1, -0.05) is 35.7 Å². The number of nitrogens with zero attached hydrogens (tertiary/aromatic N) is 1. The second kappa shape index (κ2) is 6.24. The first kappa shape index (κ1) is 13.5. The monoisotopic (exact) mass is 285 g/mol. The lowest BCUT2D eigenvalue weighted by Crippen LogP contribution is -2.26. The van der Waals surface area contributed by atoms with Crippen LogP contribution in [0.3, 0.4) is 0 Å². The van der Waals surface area contributed by atoms with E-state index < -0.39 is 0 Å². The zero-order valence-electron chi connectivity index (χ0n) is 10.3. The highest BCUT2D eigenvalue weighted by molar-refractivity contribution is 9.08. The maximum absolute atomic E-state index is 12.2. The van der Waals surface area contributed by atoms with E-state index in [0.29, 0.717) is 5.33 Å². The average molecular weight is 286 g/mol. The van der Waals surface area contributed by atoms with Crippen molar-refractivity contribution in [2.45, 2.75) is 51.9 Å². The zero-order valence-corrected chi connectivity index (χ0v) is 11.9. The standard InChI is InChI=1S/C13H20BrNO/c1-4-5-6-7-15-11(3)8-10(2)12(9-14)13(15)16/h8H,4-7,9H2,1-3H3. The van der Waals surface area contributed by atoms with E-state index in [4.69, 9.17) is 0 Å². The number of rotatable bonds is 5. The molecular weight excluding hydrogens is 266 g/mol. The summed E-state index contributed by atoms with van der Waals surface area (Å²) in [6, 6.07) is 2.10. The summed E-state index contributed by atoms with van der Waals surface area (Å²) in [5.41, 5.74) is 3.22. The highest BCUT2D eigenvalue weighted by Crippen LogP contribution is 2.10. The minimum absolute atomic E-state index is 0.172. The molecule has 0 radical (unpaired) electrons. The van der Waals surface area contributed by atoms with Crippen LogP contribution >= 0.6 is 15.9 Å². The van der Waals surface area contributed by atoms with Gasteiger partial charge >= 0.3 is 0 Å². The molecule has 1 rings (SSSR count). The third kappa shape index (κ3) is 2.97. The fraction of sp³-hybridized carbons (Fsp3) is 0.615. The van der Waals surface area contributed by atoms with E-state index in [1.807, 2.05) is 18.4 Å². The fourth-order valence-electron chi connectivity index (χ4n) is 1.93. The number of halogens is 1. The molecule has 16 heavy (non-hydrogen) atoms. The molecule has 0 amide bonds. The molecular formula is C13H20BrNO. The molecule has 1 aromatic heterocycles. The van der Waals surface area contributed by atoms with Gasteiger partial charge in [0.25, 0.3) is 5.56 Å². The molecule has 0 aliphatic heterocycles. The van der Waals surface area contributed by atoms with Crippen molar-refractivity contribution in [3.05, 3.63) is 33.2 Å². The average Bonchev–Trinajstić information content (AvgIpc) is 2.23. The molecule has 0 aliphatic carbocycles. The summed E-state index contributed by atoms with van der Waals surface area (Å²) in [4.78, 5) is 12.2. The van der Waals surface area contributed by atoms with Crippen LogP contribution < -0.4 is 5.56 Å². The Balaban J connectivity index is 3.04. The van der Waals surface area contributed by atoms with Crippen molar-refractivity contribution in [1.82, 2.24) is 4.57 Å². The van der Waals surface area contributed by atoms with Crippen molar-refractivity contribution in [2.75, 3.05) is 0 Å². The van der Waals surface area contributed by atoms with Crippen LogP contribution in [0.1, 0.15) is 43.0 Å². The summed E-state index contributed by atoms with van der Waals surface area (Å²) < 4.78 is 1.90. The SMILES string of the molecule is CCCCCn1c(C)cc(C)c(CBr)c1=O. The van der Waals surface area contributed by atoms with E-state index in [2.05, 4.69) is 28.9 Å². The Morgan fingerprint density at radius 2 is 2.00 bits per heavy atom. The minimum atomic E-state index is 0.172. The highest BCUT2D eigenvalue weighted by atomic mass is 79.9. The molecule has 90 valence electrons. The topological polar surface area (TPSA) is 22.0 Å². The number of hydrogen-bond acceptors (Lipinski definition) is 1. The largest absolute Gasteiger partial charge is 0.313 e. The zero-order chi connectivity index (χ0) is 12.1. The predicted octanol–water partition coefficient (Wildman–Crippen LogP) is 3.55. The van der Waals surface area contributed by atoms with Crippen LogP contribution in [0.15, 0.2) is 10.9 Å². The van der Waals surface area contributed by atoms with Crippen LogP contribution in [0.2, 0.25) is 0 Å². The third-order valence-corrected chi connectivity index (χ3v) is 3.51. The first-order valence-electron chi connectivity index (χ1n) is 5.87. The van der Waals surface area contributed by atoms with Gasteiger partial charge in [-0.05, 0) is 31.9 Å². The van der Waals surface area contributed by atoms with Gasteiger partial charge in [0.1, 0.15) is 0 Å². The second-order valence-corrected chi connectivity index (χ2v) is 4.81. The molecule has 2 nitrogen and oxygen atoms in total. The van der Waals surface area contributed by atoms with Crippen LogP contribution in [0.25, 0.3) is 0 Å². The Hall–Kier alpha value is -0.570. The van der Waals surface area contributed by atoms with Gasteiger partial charge in [-0.2, -0.15) is 0 Å². The summed E-state index contributed by atoms with van der Waals surface area (Å²) in [5.74, 6) is 0. The molecule has 0 aromatic carbocycles. The Bertz CT molecular complexity index is 409. The van der Waals surface area contributed by atoms with Gasteiger partial charge in [-0.15, -0.1) is 0 Å². The highest BCUT2D eigenvalue weighted by Gasteiger charge is 2.08. The van der Waals surface area contributed by atoms with Gasteiger partial charge in [0.2, 0.25) is 0 Å². The van der Waals surface area contributed by atoms with E-state index in [-0.39, 0.29) is 5.56 Å². The lowest BCUT2D eigenvalue weighted by atomic mass is 10.1. The van der Waals surface area contributed by atoms with Crippen molar-refractivity contribution in [1.29, 1.82) is 0 Å². The van der Waals surface area contributed by atoms with E-state index >= 15 is 0 Å². The summed E-state index contributed by atoms with van der Waals surface area (Å²) in [5, 5.41) is 0.645. The summed E-state index contributed by atoms with van der Waals surface area (Å²) >= 11 is 3.39. The summed E-state index contributed by atoms with van der Waals surface area (Å²) in [6.07, 6.45) is 3.45. The number of alkyl halides is 1. The van der Waals surface area contributed by atoms with Gasteiger partial charge < -0.3 is 4.57 Å². The molecule has 0 N–H and O–H groups in total. The van der Waals surface area contributed by atoms with Gasteiger partial charge in [0.05, 0.1) is 0 Å². The molecule has 0 saturated carbocycles. The molecule has 0 aliphatic rings. The minimum Gasteiger partial charge on any atom is -0.313 e. The second-order valence-electron chi connectivity index (χ2n) is 4.24. The molecule has 3 heteroatoms. The van der Waals surface area contributed by atoms with Gasteiger partial charge in [-0.3, -0.25) is 4.79 Å². The van der Waals surface area contributed by atoms with Crippen molar-refractivity contribution < 1.29 is 0 Å². The quantitative estimate of drug-likeness (QED) is 0.599. The first-order valence-corrected chi connectivity index (χ1v) is 6.99. The van der Waals surface area contributed by atoms with E-state index in [9.17, 15) is 4.79 Å². The molecule has 0 bridgehead atoms. The van der Waals surface area contributed by atoms with E-state index in [1.165, 1.54) is 12.8 Å². The number of aryl methyl sites for hydroxylation is 2. The van der Waals surface area contributed by atoms with Crippen molar-refractivity contribution in [2.24, 2.45) is 0 Å². The van der Waals surface area contributed by atoms with E-state index in [0.717, 1.165) is 29.8 Å². The molecule has 0 saturated heterocycles. The molecule has 1 aromatic rings. The van der Waals surface area contributed by atoms with Crippen molar-refractivity contribution in [3.63, 3.8) is 0 Å². The predicted molar refractivity (Wildman–Crippen MR) is 72.3 cm³/mol. The van der Waals surface area contributed by atoms with Crippen LogP contribution in [0.4, 0.5) is 0 Å².